The average Bonchev–Trinajstić information content (AvgIpc) is 2.76. The van der Waals surface area contributed by atoms with Crippen molar-refractivity contribution in [1.29, 1.82) is 0 Å². The van der Waals surface area contributed by atoms with Gasteiger partial charge in [-0.1, -0.05) is 6.92 Å². The van der Waals surface area contributed by atoms with E-state index in [0.29, 0.717) is 17.1 Å². The first-order valence-electron chi connectivity index (χ1n) is 5.48. The van der Waals surface area contributed by atoms with Crippen molar-refractivity contribution in [3.05, 3.63) is 27.1 Å². The molecule has 0 saturated carbocycles. The van der Waals surface area contributed by atoms with E-state index < -0.39 is 17.4 Å². The summed E-state index contributed by atoms with van der Waals surface area (Å²) in [5.41, 5.74) is 4.45. The second kappa shape index (κ2) is 4.81. The highest BCUT2D eigenvalue weighted by atomic mass is 32.1. The SMILES string of the molecule is CCc1nc2scc(C(=O)O)c2c(=O)n1CC(N)=O. The molecule has 2 aromatic rings. The minimum absolute atomic E-state index is 0.0240. The third kappa shape index (κ3) is 2.22. The fraction of sp³-hybridized carbons (Fsp3) is 0.273. The van der Waals surface area contributed by atoms with E-state index in [4.69, 9.17) is 10.8 Å². The van der Waals surface area contributed by atoms with Gasteiger partial charge in [0.2, 0.25) is 5.91 Å². The molecule has 2 rings (SSSR count). The number of fused-ring (bicyclic) bond motifs is 1. The van der Waals surface area contributed by atoms with Crippen molar-refractivity contribution < 1.29 is 14.7 Å². The Morgan fingerprint density at radius 1 is 1.53 bits per heavy atom. The van der Waals surface area contributed by atoms with Gasteiger partial charge in [0.1, 0.15) is 17.2 Å². The molecule has 2 aromatic heterocycles. The molecule has 1 amide bonds. The van der Waals surface area contributed by atoms with E-state index in [1.165, 1.54) is 5.38 Å². The Balaban J connectivity index is 2.82. The number of amides is 1. The normalized spacial score (nSPS) is 10.8. The summed E-state index contributed by atoms with van der Waals surface area (Å²) < 4.78 is 1.13. The molecule has 0 fully saturated rings. The lowest BCUT2D eigenvalue weighted by Crippen LogP contribution is -2.31. The Bertz CT molecular complexity index is 731. The molecule has 0 radical (unpaired) electrons. The van der Waals surface area contributed by atoms with E-state index >= 15 is 0 Å². The van der Waals surface area contributed by atoms with Crippen LogP contribution >= 0.6 is 11.3 Å². The van der Waals surface area contributed by atoms with E-state index in [1.54, 1.807) is 6.92 Å². The Labute approximate surface area is 111 Å². The van der Waals surface area contributed by atoms with Gasteiger partial charge in [0, 0.05) is 11.8 Å². The van der Waals surface area contributed by atoms with Gasteiger partial charge in [0.05, 0.1) is 10.9 Å². The number of carbonyl (C=O) groups excluding carboxylic acids is 1. The third-order valence-corrected chi connectivity index (χ3v) is 3.51. The topological polar surface area (TPSA) is 115 Å². The summed E-state index contributed by atoms with van der Waals surface area (Å²) in [6.07, 6.45) is 0.443. The zero-order chi connectivity index (χ0) is 14.2. The van der Waals surface area contributed by atoms with E-state index in [-0.39, 0.29) is 17.5 Å². The maximum Gasteiger partial charge on any atom is 0.337 e. The molecule has 0 aromatic carbocycles. The fourth-order valence-corrected chi connectivity index (χ4v) is 2.73. The van der Waals surface area contributed by atoms with E-state index in [1.807, 2.05) is 0 Å². The number of primary amides is 1. The van der Waals surface area contributed by atoms with Gasteiger partial charge in [0.25, 0.3) is 5.56 Å². The molecule has 0 atom stereocenters. The number of carboxylic acids is 1. The van der Waals surface area contributed by atoms with Crippen LogP contribution < -0.4 is 11.3 Å². The van der Waals surface area contributed by atoms with E-state index in [0.717, 1.165) is 15.9 Å². The summed E-state index contributed by atoms with van der Waals surface area (Å²) >= 11 is 1.09. The highest BCUT2D eigenvalue weighted by Gasteiger charge is 2.19. The first-order valence-corrected chi connectivity index (χ1v) is 6.36. The van der Waals surface area contributed by atoms with Crippen LogP contribution in [-0.2, 0) is 17.8 Å². The molecule has 0 aliphatic carbocycles. The number of aromatic carboxylic acids is 1. The first-order chi connectivity index (χ1) is 8.95. The van der Waals surface area contributed by atoms with Gasteiger partial charge in [-0.3, -0.25) is 14.2 Å². The molecular formula is C11H11N3O4S. The van der Waals surface area contributed by atoms with Gasteiger partial charge in [0.15, 0.2) is 0 Å². The van der Waals surface area contributed by atoms with Crippen molar-refractivity contribution in [1.82, 2.24) is 9.55 Å². The van der Waals surface area contributed by atoms with Crippen LogP contribution in [-0.4, -0.2) is 26.5 Å². The number of thiophene rings is 1. The molecule has 2 heterocycles. The minimum atomic E-state index is -1.19. The van der Waals surface area contributed by atoms with Gasteiger partial charge in [-0.2, -0.15) is 0 Å². The monoisotopic (exact) mass is 281 g/mol. The van der Waals surface area contributed by atoms with Crippen molar-refractivity contribution in [2.75, 3.05) is 0 Å². The van der Waals surface area contributed by atoms with Crippen LogP contribution in [0.5, 0.6) is 0 Å². The van der Waals surface area contributed by atoms with E-state index in [9.17, 15) is 14.4 Å². The van der Waals surface area contributed by atoms with Gasteiger partial charge < -0.3 is 10.8 Å². The largest absolute Gasteiger partial charge is 0.478 e. The van der Waals surface area contributed by atoms with Crippen molar-refractivity contribution >= 4 is 33.4 Å². The lowest BCUT2D eigenvalue weighted by atomic mass is 10.2. The fourth-order valence-electron chi connectivity index (χ4n) is 1.81. The smallest absolute Gasteiger partial charge is 0.337 e. The van der Waals surface area contributed by atoms with Crippen LogP contribution in [0.15, 0.2) is 10.2 Å². The molecule has 0 bridgehead atoms. The number of hydrogen-bond donors (Lipinski definition) is 2. The third-order valence-electron chi connectivity index (χ3n) is 2.63. The van der Waals surface area contributed by atoms with Crippen LogP contribution in [0.25, 0.3) is 10.2 Å². The highest BCUT2D eigenvalue weighted by molar-refractivity contribution is 7.17. The quantitative estimate of drug-likeness (QED) is 0.830. The zero-order valence-electron chi connectivity index (χ0n) is 10.0. The summed E-state index contributed by atoms with van der Waals surface area (Å²) in [5.74, 6) is -1.46. The number of nitrogens with two attached hydrogens (primary N) is 1. The number of rotatable bonds is 4. The number of carboxylic acid groups (broad SMARTS) is 1. The molecule has 0 spiro atoms. The summed E-state index contributed by atoms with van der Waals surface area (Å²) in [6.45, 7) is 1.48. The number of hydrogen-bond acceptors (Lipinski definition) is 5. The minimum Gasteiger partial charge on any atom is -0.478 e. The Morgan fingerprint density at radius 3 is 2.74 bits per heavy atom. The predicted octanol–water partition coefficient (Wildman–Crippen LogP) is 0.204. The van der Waals surface area contributed by atoms with Crippen molar-refractivity contribution in [2.45, 2.75) is 19.9 Å². The van der Waals surface area contributed by atoms with Crippen molar-refractivity contribution in [3.63, 3.8) is 0 Å². The van der Waals surface area contributed by atoms with Gasteiger partial charge in [-0.15, -0.1) is 11.3 Å². The van der Waals surface area contributed by atoms with Crippen LogP contribution in [0.1, 0.15) is 23.1 Å². The lowest BCUT2D eigenvalue weighted by Gasteiger charge is -2.09. The molecule has 0 aliphatic rings. The maximum atomic E-state index is 12.3. The molecular weight excluding hydrogens is 270 g/mol. The molecule has 3 N–H and O–H groups in total. The molecule has 19 heavy (non-hydrogen) atoms. The second-order valence-corrected chi connectivity index (χ2v) is 4.73. The van der Waals surface area contributed by atoms with Crippen molar-refractivity contribution in [2.24, 2.45) is 5.73 Å². The molecule has 0 unspecified atom stereocenters. The Kier molecular flexibility index (Phi) is 3.34. The van der Waals surface area contributed by atoms with Crippen molar-refractivity contribution in [3.8, 4) is 0 Å². The average molecular weight is 281 g/mol. The second-order valence-electron chi connectivity index (χ2n) is 3.87. The summed E-state index contributed by atoms with van der Waals surface area (Å²) in [7, 11) is 0. The lowest BCUT2D eigenvalue weighted by molar-refractivity contribution is -0.118. The highest BCUT2D eigenvalue weighted by Crippen LogP contribution is 2.21. The van der Waals surface area contributed by atoms with Gasteiger partial charge in [-0.25, -0.2) is 9.78 Å². The summed E-state index contributed by atoms with van der Waals surface area (Å²) in [5, 5.41) is 10.4. The van der Waals surface area contributed by atoms with Crippen LogP contribution in [0.4, 0.5) is 0 Å². The molecule has 100 valence electrons. The summed E-state index contributed by atoms with van der Waals surface area (Å²) in [4.78, 5) is 38.9. The molecule has 0 aliphatic heterocycles. The Hall–Kier alpha value is -2.22. The predicted molar refractivity (Wildman–Crippen MR) is 69.4 cm³/mol. The number of carbonyl (C=O) groups is 2. The maximum absolute atomic E-state index is 12.3. The van der Waals surface area contributed by atoms with Gasteiger partial charge >= 0.3 is 5.97 Å². The van der Waals surface area contributed by atoms with E-state index in [2.05, 4.69) is 4.98 Å². The number of aryl methyl sites for hydroxylation is 1. The number of nitrogens with zero attached hydrogens (tertiary/aromatic N) is 2. The molecule has 8 heteroatoms. The first kappa shape index (κ1) is 13.2. The van der Waals surface area contributed by atoms with Crippen LogP contribution in [0.2, 0.25) is 0 Å². The van der Waals surface area contributed by atoms with Crippen LogP contribution in [0.3, 0.4) is 0 Å². The van der Waals surface area contributed by atoms with Crippen LogP contribution in [0, 0.1) is 0 Å². The van der Waals surface area contributed by atoms with Gasteiger partial charge in [-0.05, 0) is 0 Å². The Morgan fingerprint density at radius 2 is 2.21 bits per heavy atom. The zero-order valence-corrected chi connectivity index (χ0v) is 10.9. The molecule has 0 saturated heterocycles. The molecule has 7 nitrogen and oxygen atoms in total. The number of aromatic nitrogens is 2. The summed E-state index contributed by atoms with van der Waals surface area (Å²) in [6, 6.07) is 0. The standard InChI is InChI=1S/C11H11N3O4S/c1-2-7-13-9-8(5(4-19-9)11(17)18)10(16)14(7)3-6(12)15/h4H,2-3H2,1H3,(H2,12,15)(H,17,18).